The van der Waals surface area contributed by atoms with Gasteiger partial charge in [-0.1, -0.05) is 96.2 Å². The van der Waals surface area contributed by atoms with Crippen LogP contribution in [0.2, 0.25) is 5.02 Å². The maximum Gasteiger partial charge on any atom is 0.336 e. The summed E-state index contributed by atoms with van der Waals surface area (Å²) in [6.07, 6.45) is 0. The third-order valence-electron chi connectivity index (χ3n) is 6.77. The number of aliphatic imine (C=N–C) groups is 1. The fourth-order valence-electron chi connectivity index (χ4n) is 4.77. The summed E-state index contributed by atoms with van der Waals surface area (Å²) in [5.74, 6) is -0.257. The molecule has 200 valence electrons. The molecule has 0 saturated carbocycles. The molecule has 2 heterocycles. The molecule has 1 aromatic heterocycles. The van der Waals surface area contributed by atoms with Crippen molar-refractivity contribution >= 4 is 56.8 Å². The highest BCUT2D eigenvalue weighted by Crippen LogP contribution is 2.26. The van der Waals surface area contributed by atoms with Crippen LogP contribution in [0.15, 0.2) is 130 Å². The molecule has 1 aliphatic heterocycles. The van der Waals surface area contributed by atoms with Gasteiger partial charge in [0.15, 0.2) is 6.54 Å². The monoisotopic (exact) mass is 575 g/mol. The largest absolute Gasteiger partial charge is 0.478 e. The highest BCUT2D eigenvalue weighted by Gasteiger charge is 2.26. The Kier molecular flexibility index (Phi) is 7.71. The first kappa shape index (κ1) is 26.6. The van der Waals surface area contributed by atoms with Gasteiger partial charge in [0.25, 0.3) is 0 Å². The van der Waals surface area contributed by atoms with Crippen molar-refractivity contribution in [3.63, 3.8) is 0 Å². The molecule has 0 unspecified atom stereocenters. The van der Waals surface area contributed by atoms with Crippen LogP contribution < -0.4 is 4.57 Å². The minimum absolute atomic E-state index is 0.227. The Balaban J connectivity index is 1.49. The van der Waals surface area contributed by atoms with Crippen molar-refractivity contribution in [2.24, 2.45) is 15.2 Å². The van der Waals surface area contributed by atoms with Gasteiger partial charge in [0.2, 0.25) is 16.4 Å². The minimum atomic E-state index is -0.989. The molecule has 0 spiro atoms. The predicted molar refractivity (Wildman–Crippen MR) is 167 cm³/mol. The summed E-state index contributed by atoms with van der Waals surface area (Å²) in [6.45, 7) is 0.346. The number of hydrogen-bond acceptors (Lipinski definition) is 4. The second kappa shape index (κ2) is 11.9. The molecule has 0 aliphatic carbocycles. The average Bonchev–Trinajstić information content (AvgIpc) is 3.49. The zero-order chi connectivity index (χ0) is 28.2. The zero-order valence-corrected chi connectivity index (χ0v) is 23.4. The van der Waals surface area contributed by atoms with E-state index in [4.69, 9.17) is 21.7 Å². The molecule has 8 heteroatoms. The third-order valence-corrected chi connectivity index (χ3v) is 7.87. The molecule has 0 atom stereocenters. The van der Waals surface area contributed by atoms with Crippen LogP contribution >= 0.6 is 23.4 Å². The summed E-state index contributed by atoms with van der Waals surface area (Å²) in [5.41, 5.74) is 6.24. The van der Waals surface area contributed by atoms with Crippen LogP contribution in [0.1, 0.15) is 21.5 Å². The van der Waals surface area contributed by atoms with Crippen molar-refractivity contribution in [2.45, 2.75) is 6.54 Å². The van der Waals surface area contributed by atoms with E-state index in [1.807, 2.05) is 97.1 Å². The Bertz CT molecular complexity index is 1840. The summed E-state index contributed by atoms with van der Waals surface area (Å²) in [7, 11) is 0. The number of amidine groups is 1. The van der Waals surface area contributed by atoms with Gasteiger partial charge in [-0.3, -0.25) is 0 Å². The van der Waals surface area contributed by atoms with Crippen LogP contribution in [-0.2, 0) is 6.54 Å². The van der Waals surface area contributed by atoms with Crippen molar-refractivity contribution in [3.05, 3.63) is 137 Å². The van der Waals surface area contributed by atoms with Crippen molar-refractivity contribution < 1.29 is 14.5 Å². The Labute approximate surface area is 246 Å². The summed E-state index contributed by atoms with van der Waals surface area (Å²) in [4.78, 5) is 17.0. The average molecular weight is 576 g/mol. The number of carboxylic acids is 1. The number of aromatic carboxylic acids is 1. The van der Waals surface area contributed by atoms with E-state index in [1.165, 1.54) is 0 Å². The summed E-state index contributed by atoms with van der Waals surface area (Å²) < 4.78 is 2.08. The molecule has 5 aromatic rings. The van der Waals surface area contributed by atoms with E-state index >= 15 is 0 Å². The van der Waals surface area contributed by atoms with E-state index in [9.17, 15) is 9.90 Å². The van der Waals surface area contributed by atoms with Gasteiger partial charge in [0.05, 0.1) is 16.7 Å². The number of hydrogen-bond donors (Lipinski definition) is 1. The van der Waals surface area contributed by atoms with Crippen molar-refractivity contribution in [3.8, 4) is 11.3 Å². The van der Waals surface area contributed by atoms with Crippen molar-refractivity contribution in [1.82, 2.24) is 0 Å². The number of nitrogens with zero attached hydrogens (tertiary/aromatic N) is 4. The lowest BCUT2D eigenvalue weighted by Gasteiger charge is -2.11. The standard InChI is InChI=1S/C33H23ClN4O2S/c34-25-17-15-24(16-18-25)31-19-27(32(39)40)26-13-7-8-14-30(26)38(31)20-28(22-9-3-1-4-10-22)36-37-33-35-29(21-41-33)23-11-5-2-6-12-23/h1-19H,20-21H2/p+1/b36-28-,37-33-. The number of rotatable bonds is 7. The van der Waals surface area contributed by atoms with Crippen LogP contribution in [0.5, 0.6) is 0 Å². The lowest BCUT2D eigenvalue weighted by atomic mass is 10.0. The molecular weight excluding hydrogens is 552 g/mol. The number of aromatic nitrogens is 1. The van der Waals surface area contributed by atoms with Gasteiger partial charge < -0.3 is 5.11 Å². The van der Waals surface area contributed by atoms with E-state index in [2.05, 4.69) is 9.67 Å². The van der Waals surface area contributed by atoms with Gasteiger partial charge in [-0.2, -0.15) is 4.57 Å². The normalized spacial score (nSPS) is 14.4. The smallest absolute Gasteiger partial charge is 0.336 e. The molecule has 0 fully saturated rings. The molecular formula is C33H24ClN4O2S+. The summed E-state index contributed by atoms with van der Waals surface area (Å²) >= 11 is 7.74. The predicted octanol–water partition coefficient (Wildman–Crippen LogP) is 7.14. The number of benzene rings is 4. The van der Waals surface area contributed by atoms with E-state index in [0.29, 0.717) is 22.1 Å². The van der Waals surface area contributed by atoms with Gasteiger partial charge in [-0.25, -0.2) is 9.79 Å². The highest BCUT2D eigenvalue weighted by atomic mass is 35.5. The molecule has 0 saturated heterocycles. The van der Waals surface area contributed by atoms with Gasteiger partial charge in [-0.05, 0) is 35.9 Å². The maximum absolute atomic E-state index is 12.3. The molecule has 0 bridgehead atoms. The Hall–Kier alpha value is -4.59. The highest BCUT2D eigenvalue weighted by molar-refractivity contribution is 8.15. The van der Waals surface area contributed by atoms with Crippen molar-refractivity contribution in [1.29, 1.82) is 0 Å². The SMILES string of the molecule is O=C(O)c1cc(-c2ccc(Cl)cc2)[n+](C/C(=N/N=C2/N=C(c3ccccc3)CS2)c2ccccc2)c2ccccc12. The number of fused-ring (bicyclic) bond motifs is 1. The Morgan fingerprint density at radius 1 is 0.878 bits per heavy atom. The second-order valence-electron chi connectivity index (χ2n) is 9.37. The van der Waals surface area contributed by atoms with Crippen LogP contribution in [-0.4, -0.2) is 33.4 Å². The Morgan fingerprint density at radius 3 is 2.29 bits per heavy atom. The second-order valence-corrected chi connectivity index (χ2v) is 10.7. The van der Waals surface area contributed by atoms with Gasteiger partial charge in [-0.15, -0.1) is 10.2 Å². The van der Waals surface area contributed by atoms with E-state index in [0.717, 1.165) is 45.1 Å². The molecule has 0 amide bonds. The fraction of sp³-hybridized carbons (Fsp3) is 0.0606. The van der Waals surface area contributed by atoms with Crippen LogP contribution in [0.25, 0.3) is 22.2 Å². The topological polar surface area (TPSA) is 78.3 Å². The van der Waals surface area contributed by atoms with E-state index in [-0.39, 0.29) is 5.56 Å². The number of pyridine rings is 1. The number of para-hydroxylation sites is 1. The summed E-state index contributed by atoms with van der Waals surface area (Å²) in [5, 5.41) is 21.2. The molecule has 1 aliphatic rings. The quantitative estimate of drug-likeness (QED) is 0.127. The molecule has 0 radical (unpaired) electrons. The van der Waals surface area contributed by atoms with Crippen molar-refractivity contribution in [2.75, 3.05) is 5.75 Å². The lowest BCUT2D eigenvalue weighted by Crippen LogP contribution is -2.42. The first-order chi connectivity index (χ1) is 20.1. The lowest BCUT2D eigenvalue weighted by molar-refractivity contribution is -0.644. The Morgan fingerprint density at radius 2 is 1.56 bits per heavy atom. The molecule has 1 N–H and O–H groups in total. The van der Waals surface area contributed by atoms with Crippen LogP contribution in [0, 0.1) is 0 Å². The molecule has 6 rings (SSSR count). The van der Waals surface area contributed by atoms with Gasteiger partial charge in [0, 0.05) is 34.0 Å². The third kappa shape index (κ3) is 5.82. The molecule has 6 nitrogen and oxygen atoms in total. The summed E-state index contributed by atoms with van der Waals surface area (Å²) in [6, 6.07) is 36.6. The number of thioether (sulfide) groups is 1. The first-order valence-corrected chi connectivity index (χ1v) is 14.3. The minimum Gasteiger partial charge on any atom is -0.478 e. The number of halogens is 1. The van der Waals surface area contributed by atoms with Crippen LogP contribution in [0.3, 0.4) is 0 Å². The van der Waals surface area contributed by atoms with Gasteiger partial charge in [0.1, 0.15) is 5.71 Å². The van der Waals surface area contributed by atoms with Crippen LogP contribution in [0.4, 0.5) is 0 Å². The zero-order valence-electron chi connectivity index (χ0n) is 21.8. The fourth-order valence-corrected chi connectivity index (χ4v) is 5.67. The molecule has 41 heavy (non-hydrogen) atoms. The first-order valence-electron chi connectivity index (χ1n) is 13.0. The molecule has 4 aromatic carbocycles. The van der Waals surface area contributed by atoms with Gasteiger partial charge >= 0.3 is 5.97 Å². The van der Waals surface area contributed by atoms with E-state index < -0.39 is 5.97 Å². The van der Waals surface area contributed by atoms with E-state index in [1.54, 1.807) is 30.0 Å². The maximum atomic E-state index is 12.3. The number of carboxylic acid groups (broad SMARTS) is 1. The number of carbonyl (C=O) groups is 1.